The third-order valence-corrected chi connectivity index (χ3v) is 5.83. The lowest BCUT2D eigenvalue weighted by Crippen LogP contribution is -2.22. The summed E-state index contributed by atoms with van der Waals surface area (Å²) in [4.78, 5) is 30.6. The number of hydrogen-bond donors (Lipinski definition) is 0. The Morgan fingerprint density at radius 2 is 2.07 bits per heavy atom. The highest BCUT2D eigenvalue weighted by molar-refractivity contribution is 6.18. The molecule has 4 rings (SSSR count). The Labute approximate surface area is 176 Å². The van der Waals surface area contributed by atoms with Crippen LogP contribution in [0.3, 0.4) is 0 Å². The molecule has 0 amide bonds. The number of furan rings is 1. The summed E-state index contributed by atoms with van der Waals surface area (Å²) in [5, 5.41) is 0. The van der Waals surface area contributed by atoms with Gasteiger partial charge in [-0.15, -0.1) is 0 Å². The minimum absolute atomic E-state index is 0.0647. The number of esters is 1. The number of fused-ring (bicyclic) bond motifs is 3. The third kappa shape index (κ3) is 3.76. The van der Waals surface area contributed by atoms with Crippen molar-refractivity contribution in [2.24, 2.45) is 4.99 Å². The summed E-state index contributed by atoms with van der Waals surface area (Å²) >= 11 is 0. The average molecular weight is 405 g/mol. The number of benzene rings is 1. The minimum atomic E-state index is -0.646. The number of aryl methyl sites for hydroxylation is 1. The lowest BCUT2D eigenvalue weighted by Gasteiger charge is -2.21. The first-order chi connectivity index (χ1) is 14.6. The molecule has 0 aliphatic heterocycles. The molecule has 0 fully saturated rings. The van der Waals surface area contributed by atoms with Crippen LogP contribution in [-0.4, -0.2) is 31.1 Å². The van der Waals surface area contributed by atoms with Crippen molar-refractivity contribution in [2.45, 2.75) is 51.9 Å². The van der Waals surface area contributed by atoms with Crippen LogP contribution in [0.4, 0.5) is 0 Å². The van der Waals surface area contributed by atoms with Crippen molar-refractivity contribution in [3.05, 3.63) is 58.4 Å². The topological polar surface area (TPSA) is 68.9 Å². The van der Waals surface area contributed by atoms with Crippen LogP contribution in [0.1, 0.15) is 77.0 Å². The van der Waals surface area contributed by atoms with E-state index in [0.29, 0.717) is 40.3 Å². The standard InChI is InChI=1S/C25H27NO4/c1-3-29-25(28)21-16(2)30-24-19-12-8-7-11-18(19)23(27)20(22(21)24)15-26-14-13-17-9-5-4-6-10-17/h7-9,11-12,15,20H,3-6,10,13-14H2,1-2H3/t20-/m1/s1. The van der Waals surface area contributed by atoms with Crippen molar-refractivity contribution < 1.29 is 18.7 Å². The van der Waals surface area contributed by atoms with Gasteiger partial charge in [-0.3, -0.25) is 9.79 Å². The fraction of sp³-hybridized carbons (Fsp3) is 0.400. The Hall–Kier alpha value is -2.95. The lowest BCUT2D eigenvalue weighted by atomic mass is 9.80. The van der Waals surface area contributed by atoms with Gasteiger partial charge in [0.2, 0.25) is 0 Å². The van der Waals surface area contributed by atoms with Gasteiger partial charge in [-0.1, -0.05) is 35.9 Å². The van der Waals surface area contributed by atoms with Gasteiger partial charge in [-0.25, -0.2) is 4.79 Å². The van der Waals surface area contributed by atoms with Gasteiger partial charge in [0.1, 0.15) is 17.1 Å². The molecule has 0 bridgehead atoms. The second-order valence-electron chi connectivity index (χ2n) is 7.80. The minimum Gasteiger partial charge on any atom is -0.462 e. The number of carbonyl (C=O) groups excluding carboxylic acids is 2. The molecule has 0 N–H and O–H groups in total. The number of hydrogen-bond acceptors (Lipinski definition) is 5. The maximum Gasteiger partial charge on any atom is 0.342 e. The molecular formula is C25H27NO4. The van der Waals surface area contributed by atoms with E-state index >= 15 is 0 Å². The molecule has 1 aromatic heterocycles. The third-order valence-electron chi connectivity index (χ3n) is 5.83. The SMILES string of the molecule is CCOC(=O)c1c(C)oc2c1[C@@H](C=NCCC1=CCCCC1)C(=O)c1ccccc1-2. The van der Waals surface area contributed by atoms with Crippen LogP contribution >= 0.6 is 0 Å². The van der Waals surface area contributed by atoms with Crippen LogP contribution in [-0.2, 0) is 4.74 Å². The van der Waals surface area contributed by atoms with E-state index in [9.17, 15) is 9.59 Å². The Balaban J connectivity index is 1.69. The van der Waals surface area contributed by atoms with Crippen LogP contribution in [0, 0.1) is 6.92 Å². The van der Waals surface area contributed by atoms with Crippen molar-refractivity contribution in [3.8, 4) is 11.3 Å². The van der Waals surface area contributed by atoms with Gasteiger partial charge in [0.25, 0.3) is 0 Å². The predicted octanol–water partition coefficient (Wildman–Crippen LogP) is 5.67. The normalized spacial score (nSPS) is 18.1. The first-order valence-electron chi connectivity index (χ1n) is 10.7. The van der Waals surface area contributed by atoms with Gasteiger partial charge in [-0.05, 0) is 46.0 Å². The zero-order valence-corrected chi connectivity index (χ0v) is 17.6. The van der Waals surface area contributed by atoms with E-state index in [2.05, 4.69) is 11.1 Å². The van der Waals surface area contributed by atoms with Crippen molar-refractivity contribution in [3.63, 3.8) is 0 Å². The van der Waals surface area contributed by atoms with Crippen molar-refractivity contribution in [1.82, 2.24) is 0 Å². The van der Waals surface area contributed by atoms with E-state index in [0.717, 1.165) is 19.3 Å². The number of ether oxygens (including phenoxy) is 1. The highest BCUT2D eigenvalue weighted by Crippen LogP contribution is 2.43. The molecule has 5 heteroatoms. The van der Waals surface area contributed by atoms with E-state index in [4.69, 9.17) is 9.15 Å². The van der Waals surface area contributed by atoms with Crippen LogP contribution in [0.15, 0.2) is 45.3 Å². The molecule has 0 spiro atoms. The molecule has 5 nitrogen and oxygen atoms in total. The van der Waals surface area contributed by atoms with Crippen LogP contribution < -0.4 is 0 Å². The largest absolute Gasteiger partial charge is 0.462 e. The number of ketones is 1. The van der Waals surface area contributed by atoms with Crippen molar-refractivity contribution >= 4 is 18.0 Å². The molecule has 30 heavy (non-hydrogen) atoms. The summed E-state index contributed by atoms with van der Waals surface area (Å²) in [5.41, 5.74) is 3.69. The van der Waals surface area contributed by atoms with Gasteiger partial charge in [0.15, 0.2) is 5.78 Å². The summed E-state index contributed by atoms with van der Waals surface area (Å²) in [7, 11) is 0. The maximum absolute atomic E-state index is 13.3. The molecule has 2 aliphatic rings. The molecule has 1 aromatic carbocycles. The van der Waals surface area contributed by atoms with Crippen molar-refractivity contribution in [1.29, 1.82) is 0 Å². The molecule has 156 valence electrons. The lowest BCUT2D eigenvalue weighted by molar-refractivity contribution is 0.0523. The smallest absolute Gasteiger partial charge is 0.342 e. The predicted molar refractivity (Wildman–Crippen MR) is 116 cm³/mol. The molecule has 2 aliphatic carbocycles. The highest BCUT2D eigenvalue weighted by Gasteiger charge is 2.39. The average Bonchev–Trinajstić information content (AvgIpc) is 3.11. The van der Waals surface area contributed by atoms with Crippen LogP contribution in [0.5, 0.6) is 0 Å². The maximum atomic E-state index is 13.3. The Morgan fingerprint density at radius 1 is 1.27 bits per heavy atom. The quantitative estimate of drug-likeness (QED) is 0.353. The van der Waals surface area contributed by atoms with Gasteiger partial charge < -0.3 is 9.15 Å². The number of Topliss-reactive ketones (excluding diaryl/α,β-unsaturated/α-hetero) is 1. The first kappa shape index (κ1) is 20.3. The number of carbonyl (C=O) groups is 2. The molecule has 1 heterocycles. The van der Waals surface area contributed by atoms with Gasteiger partial charge in [0, 0.05) is 29.4 Å². The van der Waals surface area contributed by atoms with Gasteiger partial charge in [-0.2, -0.15) is 0 Å². The summed E-state index contributed by atoms with van der Waals surface area (Å²) in [6.45, 7) is 4.40. The molecular weight excluding hydrogens is 378 g/mol. The van der Waals surface area contributed by atoms with E-state index in [1.54, 1.807) is 26.1 Å². The fourth-order valence-electron chi connectivity index (χ4n) is 4.37. The number of rotatable bonds is 6. The zero-order valence-electron chi connectivity index (χ0n) is 17.6. The van der Waals surface area contributed by atoms with Gasteiger partial charge in [0.05, 0.1) is 12.5 Å². The molecule has 1 atom stereocenters. The molecule has 0 saturated heterocycles. The molecule has 0 radical (unpaired) electrons. The summed E-state index contributed by atoms with van der Waals surface area (Å²) in [6, 6.07) is 7.36. The van der Waals surface area contributed by atoms with E-state index in [-0.39, 0.29) is 12.4 Å². The fourth-order valence-corrected chi connectivity index (χ4v) is 4.37. The van der Waals surface area contributed by atoms with Gasteiger partial charge >= 0.3 is 5.97 Å². The van der Waals surface area contributed by atoms with Crippen LogP contribution in [0.25, 0.3) is 11.3 Å². The second-order valence-corrected chi connectivity index (χ2v) is 7.80. The van der Waals surface area contributed by atoms with Crippen molar-refractivity contribution in [2.75, 3.05) is 13.2 Å². The van der Waals surface area contributed by atoms with E-state index in [1.807, 2.05) is 18.2 Å². The first-order valence-corrected chi connectivity index (χ1v) is 10.7. The summed E-state index contributed by atoms with van der Waals surface area (Å²) in [6.07, 6.45) is 9.72. The highest BCUT2D eigenvalue weighted by atomic mass is 16.5. The van der Waals surface area contributed by atoms with E-state index < -0.39 is 11.9 Å². The Bertz CT molecular complexity index is 1030. The Kier molecular flexibility index (Phi) is 5.98. The number of allylic oxidation sites excluding steroid dienone is 1. The zero-order chi connectivity index (χ0) is 21.1. The monoisotopic (exact) mass is 405 g/mol. The molecule has 2 aromatic rings. The van der Waals surface area contributed by atoms with Crippen LogP contribution in [0.2, 0.25) is 0 Å². The summed E-state index contributed by atoms with van der Waals surface area (Å²) < 4.78 is 11.2. The molecule has 0 saturated carbocycles. The Morgan fingerprint density at radius 3 is 2.80 bits per heavy atom. The van der Waals surface area contributed by atoms with E-state index in [1.165, 1.54) is 18.4 Å². The number of aliphatic imine (C=N–C) groups is 1. The number of nitrogens with zero attached hydrogens (tertiary/aromatic N) is 1. The summed E-state index contributed by atoms with van der Waals surface area (Å²) in [5.74, 6) is -0.138. The second kappa shape index (κ2) is 8.82. The molecule has 0 unspecified atom stereocenters.